The number of pyridine rings is 1. The van der Waals surface area contributed by atoms with Crippen LogP contribution in [0.5, 0.6) is 5.75 Å². The molecule has 0 aromatic carbocycles. The third-order valence-corrected chi connectivity index (χ3v) is 2.93. The quantitative estimate of drug-likeness (QED) is 0.942. The number of nitrogens with zero attached hydrogens (tertiary/aromatic N) is 2. The van der Waals surface area contributed by atoms with Gasteiger partial charge in [-0.2, -0.15) is 5.10 Å². The fraction of sp³-hybridized carbons (Fsp3) is 0.467. The summed E-state index contributed by atoms with van der Waals surface area (Å²) in [4.78, 5) is 11.9. The molecule has 0 bridgehead atoms. The Morgan fingerprint density at radius 3 is 2.71 bits per heavy atom. The van der Waals surface area contributed by atoms with Crippen LogP contribution in [0.4, 0.5) is 10.5 Å². The van der Waals surface area contributed by atoms with Crippen LogP contribution in [0.2, 0.25) is 0 Å². The van der Waals surface area contributed by atoms with Gasteiger partial charge >= 0.3 is 6.09 Å². The molecule has 0 spiro atoms. The van der Waals surface area contributed by atoms with Gasteiger partial charge in [0.15, 0.2) is 5.75 Å². The van der Waals surface area contributed by atoms with Crippen LogP contribution >= 0.6 is 0 Å². The summed E-state index contributed by atoms with van der Waals surface area (Å²) < 4.78 is 12.5. The van der Waals surface area contributed by atoms with Crippen molar-refractivity contribution in [2.75, 3.05) is 12.4 Å². The fourth-order valence-electron chi connectivity index (χ4n) is 2.09. The summed E-state index contributed by atoms with van der Waals surface area (Å²) in [6, 6.07) is 1.74. The number of hydrogen-bond donors (Lipinski definition) is 1. The maximum Gasteiger partial charge on any atom is 0.412 e. The van der Waals surface area contributed by atoms with Crippen LogP contribution in [0.25, 0.3) is 5.52 Å². The average Bonchev–Trinajstić information content (AvgIpc) is 2.79. The molecule has 0 saturated carbocycles. The molecule has 21 heavy (non-hydrogen) atoms. The van der Waals surface area contributed by atoms with Crippen LogP contribution in [0.1, 0.15) is 33.3 Å². The summed E-state index contributed by atoms with van der Waals surface area (Å²) >= 11 is 0. The number of anilines is 1. The first kappa shape index (κ1) is 15.2. The van der Waals surface area contributed by atoms with Crippen LogP contribution in [0, 0.1) is 0 Å². The maximum atomic E-state index is 11.9. The van der Waals surface area contributed by atoms with Gasteiger partial charge in [0.1, 0.15) is 11.1 Å². The number of aryl methyl sites for hydroxylation is 1. The molecule has 0 saturated heterocycles. The second-order valence-corrected chi connectivity index (χ2v) is 5.71. The van der Waals surface area contributed by atoms with Crippen molar-refractivity contribution in [2.45, 2.75) is 39.7 Å². The van der Waals surface area contributed by atoms with Crippen LogP contribution in [0.15, 0.2) is 18.5 Å². The van der Waals surface area contributed by atoms with Gasteiger partial charge in [-0.05, 0) is 33.3 Å². The molecule has 114 valence electrons. The van der Waals surface area contributed by atoms with Gasteiger partial charge in [0.2, 0.25) is 0 Å². The predicted molar refractivity (Wildman–Crippen MR) is 81.0 cm³/mol. The lowest BCUT2D eigenvalue weighted by Gasteiger charge is -2.20. The number of carbonyl (C=O) groups is 1. The Morgan fingerprint density at radius 2 is 2.14 bits per heavy atom. The summed E-state index contributed by atoms with van der Waals surface area (Å²) in [5, 5.41) is 6.99. The van der Waals surface area contributed by atoms with Crippen molar-refractivity contribution >= 4 is 17.3 Å². The molecular weight excluding hydrogens is 270 g/mol. The summed E-state index contributed by atoms with van der Waals surface area (Å²) in [5.41, 5.74) is 1.93. The third-order valence-electron chi connectivity index (χ3n) is 2.93. The third kappa shape index (κ3) is 3.26. The SMILES string of the molecule is CCc1cnn2ccc(NC(=O)OC(C)(C)C)c(OC)c12. The molecule has 0 aliphatic carbocycles. The molecule has 0 unspecified atom stereocenters. The van der Waals surface area contributed by atoms with Crippen LogP contribution < -0.4 is 10.1 Å². The molecule has 2 heterocycles. The van der Waals surface area contributed by atoms with Crippen LogP contribution in [-0.2, 0) is 11.2 Å². The molecule has 1 amide bonds. The zero-order chi connectivity index (χ0) is 15.6. The van der Waals surface area contributed by atoms with Gasteiger partial charge in [0, 0.05) is 11.8 Å². The molecular formula is C15H21N3O3. The summed E-state index contributed by atoms with van der Waals surface area (Å²) in [7, 11) is 1.57. The van der Waals surface area contributed by atoms with Gasteiger partial charge in [-0.15, -0.1) is 0 Å². The molecule has 6 heteroatoms. The second-order valence-electron chi connectivity index (χ2n) is 5.71. The molecule has 0 radical (unpaired) electrons. The van der Waals surface area contributed by atoms with E-state index >= 15 is 0 Å². The minimum Gasteiger partial charge on any atom is -0.492 e. The maximum absolute atomic E-state index is 11.9. The van der Waals surface area contributed by atoms with Crippen LogP contribution in [-0.4, -0.2) is 28.4 Å². The molecule has 6 nitrogen and oxygen atoms in total. The predicted octanol–water partition coefficient (Wildman–Crippen LogP) is 3.25. The Balaban J connectivity index is 2.38. The van der Waals surface area contributed by atoms with E-state index in [0.717, 1.165) is 17.5 Å². The number of ether oxygens (including phenoxy) is 2. The summed E-state index contributed by atoms with van der Waals surface area (Å²) in [6.45, 7) is 7.50. The Kier molecular flexibility index (Phi) is 4.06. The van der Waals surface area contributed by atoms with E-state index in [1.54, 1.807) is 30.1 Å². The first-order valence-corrected chi connectivity index (χ1v) is 6.89. The monoisotopic (exact) mass is 291 g/mol. The van der Waals surface area contributed by atoms with Crippen molar-refractivity contribution in [2.24, 2.45) is 0 Å². The Hall–Kier alpha value is -2.24. The normalized spacial score (nSPS) is 11.5. The number of nitrogens with one attached hydrogen (secondary N) is 1. The van der Waals surface area contributed by atoms with Crippen LogP contribution in [0.3, 0.4) is 0 Å². The molecule has 0 atom stereocenters. The van der Waals surface area contributed by atoms with Crippen molar-refractivity contribution in [1.29, 1.82) is 0 Å². The number of methoxy groups -OCH3 is 1. The Labute approximate surface area is 124 Å². The topological polar surface area (TPSA) is 64.9 Å². The Bertz CT molecular complexity index is 656. The van der Waals surface area contributed by atoms with E-state index in [1.807, 2.05) is 27.7 Å². The van der Waals surface area contributed by atoms with Crippen molar-refractivity contribution in [3.05, 3.63) is 24.0 Å². The largest absolute Gasteiger partial charge is 0.492 e. The zero-order valence-corrected chi connectivity index (χ0v) is 13.1. The van der Waals surface area contributed by atoms with Crippen molar-refractivity contribution in [1.82, 2.24) is 9.61 Å². The highest BCUT2D eigenvalue weighted by Crippen LogP contribution is 2.32. The van der Waals surface area contributed by atoms with Gasteiger partial charge in [-0.1, -0.05) is 6.92 Å². The number of amides is 1. The minimum atomic E-state index is -0.549. The van der Waals surface area contributed by atoms with Crippen molar-refractivity contribution in [3.63, 3.8) is 0 Å². The molecule has 2 rings (SSSR count). The smallest absolute Gasteiger partial charge is 0.412 e. The molecule has 0 aliphatic rings. The van der Waals surface area contributed by atoms with Gasteiger partial charge in [0.25, 0.3) is 0 Å². The van der Waals surface area contributed by atoms with E-state index in [2.05, 4.69) is 10.4 Å². The molecule has 2 aromatic rings. The highest BCUT2D eigenvalue weighted by Gasteiger charge is 2.19. The Morgan fingerprint density at radius 1 is 1.43 bits per heavy atom. The summed E-state index contributed by atoms with van der Waals surface area (Å²) in [6.07, 6.45) is 3.90. The first-order chi connectivity index (χ1) is 9.85. The van der Waals surface area contributed by atoms with Gasteiger partial charge < -0.3 is 9.47 Å². The highest BCUT2D eigenvalue weighted by molar-refractivity contribution is 5.90. The van der Waals surface area contributed by atoms with Crippen molar-refractivity contribution < 1.29 is 14.3 Å². The first-order valence-electron chi connectivity index (χ1n) is 6.89. The minimum absolute atomic E-state index is 0.511. The van der Waals surface area contributed by atoms with E-state index in [1.165, 1.54) is 0 Å². The highest BCUT2D eigenvalue weighted by atomic mass is 16.6. The van der Waals surface area contributed by atoms with Gasteiger partial charge in [-0.3, -0.25) is 5.32 Å². The fourth-order valence-corrected chi connectivity index (χ4v) is 2.09. The number of fused-ring (bicyclic) bond motifs is 1. The zero-order valence-electron chi connectivity index (χ0n) is 13.1. The van der Waals surface area contributed by atoms with E-state index < -0.39 is 11.7 Å². The van der Waals surface area contributed by atoms with Gasteiger partial charge in [-0.25, -0.2) is 9.31 Å². The standard InChI is InChI=1S/C15H21N3O3/c1-6-10-9-16-18-8-7-11(13(20-5)12(10)18)17-14(19)21-15(2,3)4/h7-9H,6H2,1-5H3,(H,17,19). The number of hydrogen-bond acceptors (Lipinski definition) is 4. The number of carbonyl (C=O) groups excluding carboxylic acids is 1. The van der Waals surface area contributed by atoms with E-state index in [0.29, 0.717) is 11.4 Å². The molecule has 1 N–H and O–H groups in total. The molecule has 2 aromatic heterocycles. The number of aromatic nitrogens is 2. The summed E-state index contributed by atoms with van der Waals surface area (Å²) in [5.74, 6) is 0.581. The molecule has 0 fully saturated rings. The van der Waals surface area contributed by atoms with E-state index in [9.17, 15) is 4.79 Å². The average molecular weight is 291 g/mol. The molecule has 0 aliphatic heterocycles. The lowest BCUT2D eigenvalue weighted by molar-refractivity contribution is 0.0635. The lowest BCUT2D eigenvalue weighted by Crippen LogP contribution is -2.27. The van der Waals surface area contributed by atoms with Gasteiger partial charge in [0.05, 0.1) is 19.0 Å². The van der Waals surface area contributed by atoms with E-state index in [-0.39, 0.29) is 0 Å². The second kappa shape index (κ2) is 5.63. The number of rotatable bonds is 3. The van der Waals surface area contributed by atoms with Crippen molar-refractivity contribution in [3.8, 4) is 5.75 Å². The van der Waals surface area contributed by atoms with E-state index in [4.69, 9.17) is 9.47 Å². The lowest BCUT2D eigenvalue weighted by atomic mass is 10.2.